The van der Waals surface area contributed by atoms with E-state index in [9.17, 15) is 18.0 Å². The average molecular weight is 471 g/mol. The number of hydrogen-bond acceptors (Lipinski definition) is 7. The molecule has 33 heavy (non-hydrogen) atoms. The van der Waals surface area contributed by atoms with E-state index in [4.69, 9.17) is 5.73 Å². The second kappa shape index (κ2) is 9.30. The number of benzene rings is 2. The second-order valence-corrected chi connectivity index (χ2v) is 9.97. The summed E-state index contributed by atoms with van der Waals surface area (Å²) in [5, 5.41) is 8.47. The highest BCUT2D eigenvalue weighted by atomic mass is 32.2. The SMILES string of the molecule is CN1CCN(S(=O)(=O)c2ccc(NC(=O)C3=NN(c4ccccc4)C(C(N)=O)C3)cc2)CC1. The molecule has 0 aliphatic carbocycles. The minimum absolute atomic E-state index is 0.0753. The van der Waals surface area contributed by atoms with E-state index >= 15 is 0 Å². The van der Waals surface area contributed by atoms with E-state index in [0.717, 1.165) is 0 Å². The van der Waals surface area contributed by atoms with Gasteiger partial charge in [0.15, 0.2) is 0 Å². The molecule has 1 saturated heterocycles. The molecule has 2 aromatic carbocycles. The zero-order valence-electron chi connectivity index (χ0n) is 18.2. The third-order valence-electron chi connectivity index (χ3n) is 5.73. The van der Waals surface area contributed by atoms with Crippen molar-refractivity contribution in [3.8, 4) is 0 Å². The maximum Gasteiger partial charge on any atom is 0.271 e. The van der Waals surface area contributed by atoms with Gasteiger partial charge in [-0.25, -0.2) is 8.42 Å². The first-order valence-corrected chi connectivity index (χ1v) is 12.0. The van der Waals surface area contributed by atoms with Gasteiger partial charge in [0.05, 0.1) is 10.6 Å². The van der Waals surface area contributed by atoms with Gasteiger partial charge in [0.25, 0.3) is 5.91 Å². The molecule has 0 radical (unpaired) electrons. The van der Waals surface area contributed by atoms with Crippen molar-refractivity contribution in [2.45, 2.75) is 17.4 Å². The maximum absolute atomic E-state index is 12.9. The van der Waals surface area contributed by atoms with Gasteiger partial charge in [-0.1, -0.05) is 18.2 Å². The van der Waals surface area contributed by atoms with E-state index in [2.05, 4.69) is 15.3 Å². The van der Waals surface area contributed by atoms with Crippen LogP contribution in [0.25, 0.3) is 0 Å². The number of nitrogens with zero attached hydrogens (tertiary/aromatic N) is 4. The molecule has 0 aromatic heterocycles. The van der Waals surface area contributed by atoms with Crippen molar-refractivity contribution in [2.24, 2.45) is 10.8 Å². The molecule has 0 saturated carbocycles. The number of piperazine rings is 1. The molecule has 11 heteroatoms. The third kappa shape index (κ3) is 4.90. The Morgan fingerprint density at radius 1 is 1.00 bits per heavy atom. The molecule has 0 bridgehead atoms. The summed E-state index contributed by atoms with van der Waals surface area (Å²) in [5.74, 6) is -1.06. The molecule has 1 atom stereocenters. The molecule has 2 heterocycles. The number of nitrogens with one attached hydrogen (secondary N) is 1. The minimum atomic E-state index is -3.59. The van der Waals surface area contributed by atoms with Gasteiger partial charge in [-0.2, -0.15) is 9.41 Å². The zero-order chi connectivity index (χ0) is 23.6. The monoisotopic (exact) mass is 470 g/mol. The highest BCUT2D eigenvalue weighted by molar-refractivity contribution is 7.89. The summed E-state index contributed by atoms with van der Waals surface area (Å²) in [7, 11) is -1.63. The van der Waals surface area contributed by atoms with Crippen LogP contribution >= 0.6 is 0 Å². The first-order chi connectivity index (χ1) is 15.8. The second-order valence-electron chi connectivity index (χ2n) is 8.03. The number of carbonyl (C=O) groups is 2. The quantitative estimate of drug-likeness (QED) is 0.639. The third-order valence-corrected chi connectivity index (χ3v) is 7.65. The number of likely N-dealkylation sites (N-methyl/N-ethyl adjacent to an activating group) is 1. The summed E-state index contributed by atoms with van der Waals surface area (Å²) in [6.45, 7) is 2.25. The summed E-state index contributed by atoms with van der Waals surface area (Å²) < 4.78 is 27.2. The number of para-hydroxylation sites is 1. The van der Waals surface area contributed by atoms with Crippen molar-refractivity contribution in [2.75, 3.05) is 43.6 Å². The first-order valence-electron chi connectivity index (χ1n) is 10.6. The number of primary amides is 1. The number of carbonyl (C=O) groups excluding carboxylic acids is 2. The Morgan fingerprint density at radius 2 is 1.64 bits per heavy atom. The summed E-state index contributed by atoms with van der Waals surface area (Å²) in [5.41, 5.74) is 6.76. The van der Waals surface area contributed by atoms with E-state index < -0.39 is 27.9 Å². The number of anilines is 2. The Hall–Kier alpha value is -3.28. The lowest BCUT2D eigenvalue weighted by Crippen LogP contribution is -2.46. The lowest BCUT2D eigenvalue weighted by molar-refractivity contribution is -0.119. The minimum Gasteiger partial charge on any atom is -0.368 e. The topological polar surface area (TPSA) is 128 Å². The Bertz CT molecular complexity index is 1160. The molecule has 2 aromatic rings. The Morgan fingerprint density at radius 3 is 2.24 bits per heavy atom. The molecule has 1 unspecified atom stereocenters. The number of sulfonamides is 1. The van der Waals surface area contributed by atoms with E-state index in [1.165, 1.54) is 33.6 Å². The van der Waals surface area contributed by atoms with Crippen LogP contribution in [-0.4, -0.2) is 74.4 Å². The van der Waals surface area contributed by atoms with Crippen molar-refractivity contribution in [1.29, 1.82) is 0 Å². The van der Waals surface area contributed by atoms with Gasteiger partial charge in [-0.05, 0) is 43.4 Å². The molecule has 2 amide bonds. The molecule has 3 N–H and O–H groups in total. The van der Waals surface area contributed by atoms with E-state index in [-0.39, 0.29) is 17.0 Å². The van der Waals surface area contributed by atoms with Crippen molar-refractivity contribution in [3.05, 3.63) is 54.6 Å². The number of hydrazone groups is 1. The van der Waals surface area contributed by atoms with Crippen LogP contribution in [0.2, 0.25) is 0 Å². The fourth-order valence-corrected chi connectivity index (χ4v) is 5.20. The van der Waals surface area contributed by atoms with E-state index in [1.54, 1.807) is 24.3 Å². The fourth-order valence-electron chi connectivity index (χ4n) is 3.78. The van der Waals surface area contributed by atoms with E-state index in [1.807, 2.05) is 13.1 Å². The van der Waals surface area contributed by atoms with Crippen LogP contribution in [0.1, 0.15) is 6.42 Å². The van der Waals surface area contributed by atoms with Crippen molar-refractivity contribution >= 4 is 38.9 Å². The molecule has 1 fully saturated rings. The van der Waals surface area contributed by atoms with Gasteiger partial charge in [-0.3, -0.25) is 14.6 Å². The predicted octanol–water partition coefficient (Wildman–Crippen LogP) is 0.681. The van der Waals surface area contributed by atoms with Crippen LogP contribution in [-0.2, 0) is 19.6 Å². The Labute approximate surface area is 192 Å². The maximum atomic E-state index is 12.9. The number of rotatable bonds is 6. The molecular formula is C22H26N6O4S. The lowest BCUT2D eigenvalue weighted by atomic mass is 10.1. The summed E-state index contributed by atoms with van der Waals surface area (Å²) >= 11 is 0. The lowest BCUT2D eigenvalue weighted by Gasteiger charge is -2.31. The van der Waals surface area contributed by atoms with Crippen LogP contribution < -0.4 is 16.1 Å². The molecule has 174 valence electrons. The van der Waals surface area contributed by atoms with Crippen molar-refractivity contribution in [3.63, 3.8) is 0 Å². The highest BCUT2D eigenvalue weighted by Gasteiger charge is 2.35. The smallest absolute Gasteiger partial charge is 0.271 e. The molecule has 10 nitrogen and oxygen atoms in total. The van der Waals surface area contributed by atoms with Crippen LogP contribution in [0.3, 0.4) is 0 Å². The summed E-state index contributed by atoms with van der Waals surface area (Å²) in [4.78, 5) is 26.9. The fraction of sp³-hybridized carbons (Fsp3) is 0.318. The molecule has 2 aliphatic heterocycles. The molecular weight excluding hydrogens is 444 g/mol. The summed E-state index contributed by atoms with van der Waals surface area (Å²) in [6.07, 6.45) is 0.0753. The van der Waals surface area contributed by atoms with Crippen LogP contribution in [0, 0.1) is 0 Å². The predicted molar refractivity (Wildman–Crippen MR) is 125 cm³/mol. The molecule has 2 aliphatic rings. The zero-order valence-corrected chi connectivity index (χ0v) is 19.0. The van der Waals surface area contributed by atoms with Crippen LogP contribution in [0.4, 0.5) is 11.4 Å². The van der Waals surface area contributed by atoms with Gasteiger partial charge < -0.3 is 16.0 Å². The van der Waals surface area contributed by atoms with Gasteiger partial charge in [0.2, 0.25) is 15.9 Å². The summed E-state index contributed by atoms with van der Waals surface area (Å²) in [6, 6.07) is 14.3. The highest BCUT2D eigenvalue weighted by Crippen LogP contribution is 2.25. The number of nitrogens with two attached hydrogens (primary N) is 1. The first kappa shape index (κ1) is 22.9. The van der Waals surface area contributed by atoms with Crippen LogP contribution in [0.15, 0.2) is 64.6 Å². The normalized spacial score (nSPS) is 19.8. The van der Waals surface area contributed by atoms with Gasteiger partial charge >= 0.3 is 0 Å². The standard InChI is InChI=1S/C22H26N6O4S/c1-26-11-13-27(14-12-26)33(31,32)18-9-7-16(8-10-18)24-22(30)19-15-20(21(23)29)28(25-19)17-5-3-2-4-6-17/h2-10,20H,11-15H2,1H3,(H2,23,29)(H,24,30). The molecule has 0 spiro atoms. The van der Waals surface area contributed by atoms with Gasteiger partial charge in [0.1, 0.15) is 11.8 Å². The van der Waals surface area contributed by atoms with Gasteiger partial charge in [0, 0.05) is 38.3 Å². The van der Waals surface area contributed by atoms with Crippen molar-refractivity contribution < 1.29 is 18.0 Å². The van der Waals surface area contributed by atoms with Gasteiger partial charge in [-0.15, -0.1) is 0 Å². The Balaban J connectivity index is 1.46. The largest absolute Gasteiger partial charge is 0.368 e. The molecule has 4 rings (SSSR count). The van der Waals surface area contributed by atoms with E-state index in [0.29, 0.717) is 37.6 Å². The number of amides is 2. The van der Waals surface area contributed by atoms with Crippen LogP contribution in [0.5, 0.6) is 0 Å². The van der Waals surface area contributed by atoms with Crippen molar-refractivity contribution in [1.82, 2.24) is 9.21 Å². The Kier molecular flexibility index (Phi) is 6.45. The average Bonchev–Trinajstić information content (AvgIpc) is 3.27. The number of hydrogen-bond donors (Lipinski definition) is 2.